The first-order chi connectivity index (χ1) is 5.79. The van der Waals surface area contributed by atoms with Crippen LogP contribution in [0.25, 0.3) is 6.08 Å². The number of rotatable bonds is 1. The van der Waals surface area contributed by atoms with E-state index < -0.39 is 0 Å². The van der Waals surface area contributed by atoms with E-state index in [1.54, 1.807) is 0 Å². The molecule has 1 aliphatic carbocycles. The van der Waals surface area contributed by atoms with Gasteiger partial charge in [0.25, 0.3) is 0 Å². The Balaban J connectivity index is 0.000000845. The number of hydrogen-bond donors (Lipinski definition) is 0. The van der Waals surface area contributed by atoms with Crippen LogP contribution in [0, 0.1) is 6.42 Å². The Kier molecular flexibility index (Phi) is 3.67. The van der Waals surface area contributed by atoms with Crippen molar-refractivity contribution in [3.05, 3.63) is 47.4 Å². The fourth-order valence-corrected chi connectivity index (χ4v) is 1.69. The van der Waals surface area contributed by atoms with Crippen LogP contribution in [-0.4, -0.2) is 0 Å². The van der Waals surface area contributed by atoms with Crippen molar-refractivity contribution in [1.82, 2.24) is 0 Å². The largest absolute Gasteiger partial charge is 0.0754 e. The Bertz CT molecular complexity index is 324. The third-order valence-electron chi connectivity index (χ3n) is 2.33. The molecule has 1 aromatic carbocycles. The summed E-state index contributed by atoms with van der Waals surface area (Å²) in [6.45, 7) is 4.48. The molecule has 0 atom stereocenters. The van der Waals surface area contributed by atoms with Crippen molar-refractivity contribution in [3.8, 4) is 0 Å². The molecule has 1 aromatic rings. The number of fused-ring (bicyclic) bond motifs is 1. The molecule has 0 heterocycles. The maximum atomic E-state index is 2.24. The van der Waals surface area contributed by atoms with E-state index in [0.29, 0.717) is 5.92 Å². The molecule has 0 unspecified atom stereocenters. The van der Waals surface area contributed by atoms with E-state index in [9.17, 15) is 0 Å². The molecule has 0 aromatic heterocycles. The second-order valence-electron chi connectivity index (χ2n) is 3.53. The van der Waals surface area contributed by atoms with E-state index >= 15 is 0 Å². The number of hydrogen-bond acceptors (Lipinski definition) is 0. The van der Waals surface area contributed by atoms with Gasteiger partial charge in [0, 0.05) is 32.6 Å². The van der Waals surface area contributed by atoms with E-state index in [-0.39, 0.29) is 26.2 Å². The summed E-state index contributed by atoms with van der Waals surface area (Å²) in [7, 11) is 0. The summed E-state index contributed by atoms with van der Waals surface area (Å²) >= 11 is 0. The standard InChI is InChI=1S/C12H13.Zr/c1-9(2)11-7-3-5-10-6-4-8-12(10)11;/h3-9H,1-2H3;. The molecule has 1 aliphatic rings. The molecule has 0 nitrogen and oxygen atoms in total. The molecule has 0 bridgehead atoms. The minimum atomic E-state index is 0. The van der Waals surface area contributed by atoms with Gasteiger partial charge in [-0.25, -0.2) is 0 Å². The van der Waals surface area contributed by atoms with Crippen LogP contribution in [0.2, 0.25) is 0 Å². The first kappa shape index (κ1) is 10.9. The van der Waals surface area contributed by atoms with Gasteiger partial charge in [0.05, 0.1) is 0 Å². The molecule has 0 saturated heterocycles. The molecule has 0 N–H and O–H groups in total. The summed E-state index contributed by atoms with van der Waals surface area (Å²) in [4.78, 5) is 0. The molecule has 13 heavy (non-hydrogen) atoms. The summed E-state index contributed by atoms with van der Waals surface area (Å²) < 4.78 is 0. The molecule has 2 rings (SSSR count). The molecule has 1 heteroatoms. The predicted molar refractivity (Wildman–Crippen MR) is 53.0 cm³/mol. The zero-order valence-corrected chi connectivity index (χ0v) is 10.5. The van der Waals surface area contributed by atoms with Crippen molar-refractivity contribution in [1.29, 1.82) is 0 Å². The average Bonchev–Trinajstić information content (AvgIpc) is 2.49. The van der Waals surface area contributed by atoms with Gasteiger partial charge in [-0.3, -0.25) is 0 Å². The van der Waals surface area contributed by atoms with Gasteiger partial charge in [0.2, 0.25) is 0 Å². The fraction of sp³-hybridized carbons (Fsp3) is 0.250. The molecular formula is C12H13Zr. The summed E-state index contributed by atoms with van der Waals surface area (Å²) in [5.41, 5.74) is 4.23. The normalized spacial score (nSPS) is 12.8. The molecule has 0 spiro atoms. The molecule has 0 fully saturated rings. The van der Waals surface area contributed by atoms with Crippen molar-refractivity contribution in [2.75, 3.05) is 0 Å². The van der Waals surface area contributed by atoms with Gasteiger partial charge in [0.15, 0.2) is 0 Å². The SMILES string of the molecule is CC(C)c1cccc2c1C=C[CH]2.[Zr]. The summed E-state index contributed by atoms with van der Waals surface area (Å²) in [5, 5.41) is 0. The minimum absolute atomic E-state index is 0. The van der Waals surface area contributed by atoms with Gasteiger partial charge in [-0.1, -0.05) is 44.2 Å². The Labute approximate surface area is 99.2 Å². The Morgan fingerprint density at radius 1 is 1.15 bits per heavy atom. The van der Waals surface area contributed by atoms with Crippen LogP contribution in [0.4, 0.5) is 0 Å². The maximum absolute atomic E-state index is 2.24. The summed E-state index contributed by atoms with van der Waals surface area (Å²) in [5.74, 6) is 0.621. The van der Waals surface area contributed by atoms with Crippen molar-refractivity contribution in [2.24, 2.45) is 0 Å². The van der Waals surface area contributed by atoms with Gasteiger partial charge >= 0.3 is 0 Å². The van der Waals surface area contributed by atoms with Crippen LogP contribution in [0.1, 0.15) is 36.5 Å². The quantitative estimate of drug-likeness (QED) is 0.715. The Morgan fingerprint density at radius 2 is 1.92 bits per heavy atom. The van der Waals surface area contributed by atoms with Crippen LogP contribution < -0.4 is 0 Å². The second-order valence-corrected chi connectivity index (χ2v) is 3.53. The number of allylic oxidation sites excluding steroid dienone is 1. The van der Waals surface area contributed by atoms with Crippen molar-refractivity contribution < 1.29 is 26.2 Å². The van der Waals surface area contributed by atoms with Crippen LogP contribution in [0.15, 0.2) is 24.3 Å². The molecule has 65 valence electrons. The van der Waals surface area contributed by atoms with Crippen LogP contribution in [0.3, 0.4) is 0 Å². The van der Waals surface area contributed by atoms with E-state index in [0.717, 1.165) is 0 Å². The van der Waals surface area contributed by atoms with E-state index in [4.69, 9.17) is 0 Å². The third kappa shape index (κ3) is 2.02. The summed E-state index contributed by atoms with van der Waals surface area (Å²) in [6.07, 6.45) is 6.49. The smallest absolute Gasteiger partial charge is 0.0131 e. The molecule has 0 aliphatic heterocycles. The van der Waals surface area contributed by atoms with Gasteiger partial charge in [-0.2, -0.15) is 0 Å². The maximum Gasteiger partial charge on any atom is 0.0131 e. The van der Waals surface area contributed by atoms with Crippen LogP contribution in [0.5, 0.6) is 0 Å². The van der Waals surface area contributed by atoms with E-state index in [1.165, 1.54) is 16.7 Å². The topological polar surface area (TPSA) is 0 Å². The molecule has 1 radical (unpaired) electrons. The first-order valence-electron chi connectivity index (χ1n) is 4.43. The Hall–Kier alpha value is -0.157. The summed E-state index contributed by atoms with van der Waals surface area (Å²) in [6, 6.07) is 6.52. The minimum Gasteiger partial charge on any atom is -0.0754 e. The van der Waals surface area contributed by atoms with Crippen molar-refractivity contribution >= 4 is 6.08 Å². The molecule has 0 amide bonds. The molecule has 0 saturated carbocycles. The van der Waals surface area contributed by atoms with Crippen LogP contribution >= 0.6 is 0 Å². The zero-order valence-electron chi connectivity index (χ0n) is 8.04. The average molecular weight is 248 g/mol. The fourth-order valence-electron chi connectivity index (χ4n) is 1.69. The first-order valence-corrected chi connectivity index (χ1v) is 4.43. The van der Waals surface area contributed by atoms with E-state index in [1.807, 2.05) is 0 Å². The van der Waals surface area contributed by atoms with Crippen molar-refractivity contribution in [2.45, 2.75) is 19.8 Å². The second kappa shape index (κ2) is 4.37. The predicted octanol–water partition coefficient (Wildman–Crippen LogP) is 3.39. The van der Waals surface area contributed by atoms with Gasteiger partial charge in [0.1, 0.15) is 0 Å². The zero-order chi connectivity index (χ0) is 8.55. The Morgan fingerprint density at radius 3 is 2.62 bits per heavy atom. The van der Waals surface area contributed by atoms with Gasteiger partial charge < -0.3 is 0 Å². The monoisotopic (exact) mass is 247 g/mol. The van der Waals surface area contributed by atoms with Crippen LogP contribution in [-0.2, 0) is 26.2 Å². The van der Waals surface area contributed by atoms with Gasteiger partial charge in [-0.05, 0) is 22.6 Å². The third-order valence-corrected chi connectivity index (χ3v) is 2.33. The number of benzene rings is 1. The van der Waals surface area contributed by atoms with Crippen molar-refractivity contribution in [3.63, 3.8) is 0 Å². The van der Waals surface area contributed by atoms with E-state index in [2.05, 4.69) is 50.6 Å². The van der Waals surface area contributed by atoms with Gasteiger partial charge in [-0.15, -0.1) is 0 Å². The molecular weight excluding hydrogens is 235 g/mol.